The van der Waals surface area contributed by atoms with Gasteiger partial charge < -0.3 is 9.84 Å². The minimum atomic E-state index is 0.284. The molecule has 0 aromatic heterocycles. The fourth-order valence-corrected chi connectivity index (χ4v) is 3.10. The Balaban J connectivity index is 1.72. The van der Waals surface area contributed by atoms with Gasteiger partial charge >= 0.3 is 0 Å². The van der Waals surface area contributed by atoms with E-state index in [1.54, 1.807) is 0 Å². The third kappa shape index (κ3) is 4.20. The van der Waals surface area contributed by atoms with Gasteiger partial charge in [-0.15, -0.1) is 0 Å². The predicted molar refractivity (Wildman–Crippen MR) is 80.7 cm³/mol. The monoisotopic (exact) mass is 327 g/mol. The largest absolute Gasteiger partial charge is 0.493 e. The zero-order valence-electron chi connectivity index (χ0n) is 11.4. The van der Waals surface area contributed by atoms with E-state index in [4.69, 9.17) is 4.74 Å². The predicted octanol–water partition coefficient (Wildman–Crippen LogP) is 2.98. The molecule has 1 unspecified atom stereocenters. The lowest BCUT2D eigenvalue weighted by atomic mass is 10.2. The lowest BCUT2D eigenvalue weighted by Gasteiger charge is -2.22. The van der Waals surface area contributed by atoms with Gasteiger partial charge in [-0.05, 0) is 56.5 Å². The summed E-state index contributed by atoms with van der Waals surface area (Å²) in [5.41, 5.74) is 1.16. The molecule has 19 heavy (non-hydrogen) atoms. The number of nitrogens with zero attached hydrogens (tertiary/aromatic N) is 1. The molecule has 1 heterocycles. The first-order valence-electron chi connectivity index (χ1n) is 6.94. The smallest absolute Gasteiger partial charge is 0.122 e. The molecule has 1 fully saturated rings. The number of aryl methyl sites for hydroxylation is 1. The first-order valence-corrected chi connectivity index (χ1v) is 7.74. The zero-order valence-corrected chi connectivity index (χ0v) is 13.0. The molecule has 106 valence electrons. The van der Waals surface area contributed by atoms with Crippen molar-refractivity contribution in [1.29, 1.82) is 0 Å². The maximum Gasteiger partial charge on any atom is 0.122 e. The minimum Gasteiger partial charge on any atom is -0.493 e. The highest BCUT2D eigenvalue weighted by atomic mass is 79.9. The van der Waals surface area contributed by atoms with E-state index in [0.717, 1.165) is 48.3 Å². The molecule has 2 rings (SSSR count). The van der Waals surface area contributed by atoms with E-state index in [1.807, 2.05) is 12.1 Å². The van der Waals surface area contributed by atoms with Crippen LogP contribution in [0.2, 0.25) is 0 Å². The molecule has 1 aromatic carbocycles. The van der Waals surface area contributed by atoms with Crippen molar-refractivity contribution in [1.82, 2.24) is 4.90 Å². The SMILES string of the molecule is Cc1cc(Br)ccc1OCCCN1CCCC1CO. The number of aliphatic hydroxyl groups is 1. The molecular weight excluding hydrogens is 306 g/mol. The van der Waals surface area contributed by atoms with Crippen LogP contribution in [0.5, 0.6) is 5.75 Å². The highest BCUT2D eigenvalue weighted by Gasteiger charge is 2.22. The first-order chi connectivity index (χ1) is 9.20. The Morgan fingerprint density at radius 2 is 2.32 bits per heavy atom. The van der Waals surface area contributed by atoms with E-state index in [2.05, 4.69) is 33.8 Å². The molecule has 1 N–H and O–H groups in total. The second-order valence-electron chi connectivity index (χ2n) is 5.13. The lowest BCUT2D eigenvalue weighted by molar-refractivity contribution is 0.150. The molecule has 1 saturated heterocycles. The van der Waals surface area contributed by atoms with Crippen LogP contribution in [0.3, 0.4) is 0 Å². The van der Waals surface area contributed by atoms with E-state index in [9.17, 15) is 5.11 Å². The summed E-state index contributed by atoms with van der Waals surface area (Å²) in [5.74, 6) is 0.961. The summed E-state index contributed by atoms with van der Waals surface area (Å²) in [7, 11) is 0. The Hall–Kier alpha value is -0.580. The van der Waals surface area contributed by atoms with Gasteiger partial charge in [0.15, 0.2) is 0 Å². The average molecular weight is 328 g/mol. The highest BCUT2D eigenvalue weighted by molar-refractivity contribution is 9.10. The molecule has 0 aliphatic carbocycles. The van der Waals surface area contributed by atoms with Crippen LogP contribution in [0.15, 0.2) is 22.7 Å². The molecule has 0 bridgehead atoms. The summed E-state index contributed by atoms with van der Waals surface area (Å²) >= 11 is 3.45. The fourth-order valence-electron chi connectivity index (χ4n) is 2.62. The number of benzene rings is 1. The summed E-state index contributed by atoms with van der Waals surface area (Å²) < 4.78 is 6.89. The van der Waals surface area contributed by atoms with Crippen molar-refractivity contribution in [2.45, 2.75) is 32.2 Å². The molecular formula is C15H22BrNO2. The van der Waals surface area contributed by atoms with Crippen LogP contribution in [0.1, 0.15) is 24.8 Å². The molecule has 0 radical (unpaired) electrons. The van der Waals surface area contributed by atoms with E-state index >= 15 is 0 Å². The number of rotatable bonds is 6. The van der Waals surface area contributed by atoms with Crippen molar-refractivity contribution in [3.8, 4) is 5.75 Å². The molecule has 4 heteroatoms. The average Bonchev–Trinajstić information content (AvgIpc) is 2.84. The van der Waals surface area contributed by atoms with Crippen molar-refractivity contribution in [3.63, 3.8) is 0 Å². The highest BCUT2D eigenvalue weighted by Crippen LogP contribution is 2.22. The fraction of sp³-hybridized carbons (Fsp3) is 0.600. The summed E-state index contributed by atoms with van der Waals surface area (Å²) in [5, 5.41) is 9.26. The molecule has 1 aliphatic rings. The quantitative estimate of drug-likeness (QED) is 0.815. The van der Waals surface area contributed by atoms with Crippen molar-refractivity contribution in [2.24, 2.45) is 0 Å². The molecule has 3 nitrogen and oxygen atoms in total. The van der Waals surface area contributed by atoms with Crippen LogP contribution in [-0.2, 0) is 0 Å². The summed E-state index contributed by atoms with van der Waals surface area (Å²) in [6.45, 7) is 5.20. The van der Waals surface area contributed by atoms with Crippen LogP contribution < -0.4 is 4.74 Å². The molecule has 0 amide bonds. The zero-order chi connectivity index (χ0) is 13.7. The van der Waals surface area contributed by atoms with Crippen LogP contribution in [-0.4, -0.2) is 42.4 Å². The second-order valence-corrected chi connectivity index (χ2v) is 6.04. The normalized spacial score (nSPS) is 19.8. The van der Waals surface area contributed by atoms with Crippen LogP contribution in [0.4, 0.5) is 0 Å². The Kier molecular flexibility index (Phi) is 5.67. The third-order valence-corrected chi connectivity index (χ3v) is 4.19. The summed E-state index contributed by atoms with van der Waals surface area (Å²) in [6, 6.07) is 6.45. The number of ether oxygens (including phenoxy) is 1. The van der Waals surface area contributed by atoms with Gasteiger partial charge in [0.2, 0.25) is 0 Å². The number of hydrogen-bond donors (Lipinski definition) is 1. The van der Waals surface area contributed by atoms with E-state index in [0.29, 0.717) is 6.04 Å². The van der Waals surface area contributed by atoms with Crippen molar-refractivity contribution in [2.75, 3.05) is 26.3 Å². The Morgan fingerprint density at radius 1 is 1.47 bits per heavy atom. The van der Waals surface area contributed by atoms with Crippen LogP contribution in [0, 0.1) is 6.92 Å². The molecule has 0 saturated carbocycles. The Morgan fingerprint density at radius 3 is 3.05 bits per heavy atom. The molecule has 1 atom stereocenters. The second kappa shape index (κ2) is 7.27. The third-order valence-electron chi connectivity index (χ3n) is 3.69. The van der Waals surface area contributed by atoms with Gasteiger partial charge in [0.05, 0.1) is 13.2 Å². The van der Waals surface area contributed by atoms with E-state index in [-0.39, 0.29) is 6.61 Å². The van der Waals surface area contributed by atoms with Crippen molar-refractivity contribution in [3.05, 3.63) is 28.2 Å². The van der Waals surface area contributed by atoms with Gasteiger partial charge in [-0.2, -0.15) is 0 Å². The lowest BCUT2D eigenvalue weighted by Crippen LogP contribution is -2.33. The summed E-state index contributed by atoms with van der Waals surface area (Å²) in [6.07, 6.45) is 3.34. The number of likely N-dealkylation sites (tertiary alicyclic amines) is 1. The maximum absolute atomic E-state index is 9.26. The molecule has 1 aliphatic heterocycles. The van der Waals surface area contributed by atoms with E-state index in [1.165, 1.54) is 6.42 Å². The van der Waals surface area contributed by atoms with Crippen molar-refractivity contribution < 1.29 is 9.84 Å². The van der Waals surface area contributed by atoms with Crippen LogP contribution in [0.25, 0.3) is 0 Å². The minimum absolute atomic E-state index is 0.284. The number of aliphatic hydroxyl groups excluding tert-OH is 1. The summed E-state index contributed by atoms with van der Waals surface area (Å²) in [4.78, 5) is 2.37. The van der Waals surface area contributed by atoms with Gasteiger partial charge in [-0.1, -0.05) is 15.9 Å². The Labute approximate surface area is 123 Å². The van der Waals surface area contributed by atoms with Crippen molar-refractivity contribution >= 4 is 15.9 Å². The standard InChI is InChI=1S/C15H22BrNO2/c1-12-10-13(16)5-6-15(12)19-9-3-8-17-7-2-4-14(17)11-18/h5-6,10,14,18H,2-4,7-9,11H2,1H3. The number of hydrogen-bond acceptors (Lipinski definition) is 3. The Bertz CT molecular complexity index is 411. The first kappa shape index (κ1) is 14.8. The number of halogens is 1. The van der Waals surface area contributed by atoms with Gasteiger partial charge in [-0.3, -0.25) is 4.90 Å². The van der Waals surface area contributed by atoms with Gasteiger partial charge in [0.25, 0.3) is 0 Å². The maximum atomic E-state index is 9.26. The topological polar surface area (TPSA) is 32.7 Å². The van der Waals surface area contributed by atoms with Gasteiger partial charge in [-0.25, -0.2) is 0 Å². The van der Waals surface area contributed by atoms with Gasteiger partial charge in [0, 0.05) is 17.1 Å². The van der Waals surface area contributed by atoms with E-state index < -0.39 is 0 Å². The molecule has 0 spiro atoms. The molecule has 1 aromatic rings. The van der Waals surface area contributed by atoms with Gasteiger partial charge in [0.1, 0.15) is 5.75 Å². The van der Waals surface area contributed by atoms with Crippen LogP contribution >= 0.6 is 15.9 Å².